The minimum absolute atomic E-state index is 0.0513. The molecular formula is C16H12F2O. The van der Waals surface area contributed by atoms with E-state index < -0.39 is 11.6 Å². The number of carbonyl (C=O) groups excluding carboxylic acids is 1. The molecule has 1 nitrogen and oxygen atoms in total. The van der Waals surface area contributed by atoms with Crippen LogP contribution >= 0.6 is 0 Å². The second-order valence-corrected chi connectivity index (χ2v) is 4.82. The van der Waals surface area contributed by atoms with Gasteiger partial charge in [-0.3, -0.25) is 4.79 Å². The van der Waals surface area contributed by atoms with Crippen LogP contribution in [0.3, 0.4) is 0 Å². The Bertz CT molecular complexity index is 642. The van der Waals surface area contributed by atoms with Gasteiger partial charge in [0.05, 0.1) is 0 Å². The molecule has 0 unspecified atom stereocenters. The first-order valence-corrected chi connectivity index (χ1v) is 6.26. The molecule has 0 radical (unpaired) electrons. The fourth-order valence-electron chi connectivity index (χ4n) is 2.56. The van der Waals surface area contributed by atoms with Crippen molar-refractivity contribution in [1.29, 1.82) is 0 Å². The average Bonchev–Trinajstić information content (AvgIpc) is 2.83. The Balaban J connectivity index is 1.99. The number of hydrogen-bond acceptors (Lipinski definition) is 1. The number of benzene rings is 2. The highest BCUT2D eigenvalue weighted by atomic mass is 19.1. The summed E-state index contributed by atoms with van der Waals surface area (Å²) in [7, 11) is 0. The van der Waals surface area contributed by atoms with Gasteiger partial charge in [-0.05, 0) is 48.6 Å². The molecule has 0 N–H and O–H groups in total. The lowest BCUT2D eigenvalue weighted by atomic mass is 9.99. The Morgan fingerprint density at radius 3 is 2.26 bits per heavy atom. The first-order valence-electron chi connectivity index (χ1n) is 6.26. The second kappa shape index (κ2) is 4.57. The van der Waals surface area contributed by atoms with Crippen LogP contribution in [0.4, 0.5) is 8.78 Å². The average molecular weight is 258 g/mol. The van der Waals surface area contributed by atoms with Crippen molar-refractivity contribution in [2.45, 2.75) is 19.3 Å². The smallest absolute Gasteiger partial charge is 0.193 e. The van der Waals surface area contributed by atoms with Crippen LogP contribution in [0.5, 0.6) is 0 Å². The maximum Gasteiger partial charge on any atom is 0.193 e. The highest BCUT2D eigenvalue weighted by Gasteiger charge is 2.16. The Morgan fingerprint density at radius 2 is 1.53 bits per heavy atom. The lowest BCUT2D eigenvalue weighted by molar-refractivity contribution is 0.103. The summed E-state index contributed by atoms with van der Waals surface area (Å²) in [5.74, 6) is -1.80. The van der Waals surface area contributed by atoms with Crippen molar-refractivity contribution in [3.05, 3.63) is 70.3 Å². The fraction of sp³-hybridized carbons (Fsp3) is 0.188. The van der Waals surface area contributed by atoms with Gasteiger partial charge < -0.3 is 0 Å². The van der Waals surface area contributed by atoms with Crippen LogP contribution in [0, 0.1) is 11.6 Å². The first-order chi connectivity index (χ1) is 9.13. The molecule has 0 saturated heterocycles. The Labute approximate surface area is 109 Å². The third kappa shape index (κ3) is 2.28. The Hall–Kier alpha value is -2.03. The molecule has 96 valence electrons. The molecule has 3 rings (SSSR count). The predicted octanol–water partition coefficient (Wildman–Crippen LogP) is 3.68. The highest BCUT2D eigenvalue weighted by Crippen LogP contribution is 2.24. The zero-order valence-electron chi connectivity index (χ0n) is 10.2. The van der Waals surface area contributed by atoms with Crippen LogP contribution in [0.2, 0.25) is 0 Å². The SMILES string of the molecule is O=C(c1cc(F)cc(F)c1)c1ccc2c(c1)CCC2. The van der Waals surface area contributed by atoms with E-state index in [4.69, 9.17) is 0 Å². The number of ketones is 1. The summed E-state index contributed by atoms with van der Waals surface area (Å²) in [6, 6.07) is 8.41. The Kier molecular flexibility index (Phi) is 2.90. The molecular weight excluding hydrogens is 246 g/mol. The van der Waals surface area contributed by atoms with Crippen molar-refractivity contribution in [2.24, 2.45) is 0 Å². The van der Waals surface area contributed by atoms with Crippen LogP contribution in [0.1, 0.15) is 33.5 Å². The minimum atomic E-state index is -0.732. The number of hydrogen-bond donors (Lipinski definition) is 0. The Morgan fingerprint density at radius 1 is 0.842 bits per heavy atom. The molecule has 0 aliphatic heterocycles. The van der Waals surface area contributed by atoms with Gasteiger partial charge in [-0.1, -0.05) is 12.1 Å². The van der Waals surface area contributed by atoms with Gasteiger partial charge in [-0.25, -0.2) is 8.78 Å². The number of fused-ring (bicyclic) bond motifs is 1. The summed E-state index contributed by atoms with van der Waals surface area (Å²) < 4.78 is 26.3. The predicted molar refractivity (Wildman–Crippen MR) is 68.3 cm³/mol. The van der Waals surface area contributed by atoms with Crippen molar-refractivity contribution in [1.82, 2.24) is 0 Å². The van der Waals surface area contributed by atoms with Crippen molar-refractivity contribution >= 4 is 5.78 Å². The molecule has 1 aliphatic rings. The van der Waals surface area contributed by atoms with Gasteiger partial charge in [-0.15, -0.1) is 0 Å². The van der Waals surface area contributed by atoms with Gasteiger partial charge in [0.2, 0.25) is 0 Å². The highest BCUT2D eigenvalue weighted by molar-refractivity contribution is 6.09. The molecule has 3 heteroatoms. The standard InChI is InChI=1S/C16H12F2O/c17-14-7-13(8-15(18)9-14)16(19)12-5-4-10-2-1-3-11(10)6-12/h4-9H,1-3H2. The number of carbonyl (C=O) groups is 1. The molecule has 2 aromatic rings. The van der Waals surface area contributed by atoms with Crippen molar-refractivity contribution in [3.63, 3.8) is 0 Å². The van der Waals surface area contributed by atoms with Crippen LogP contribution in [-0.2, 0) is 12.8 Å². The molecule has 0 bridgehead atoms. The van der Waals surface area contributed by atoms with Crippen molar-refractivity contribution in [3.8, 4) is 0 Å². The summed E-state index contributed by atoms with van der Waals surface area (Å²) in [6.07, 6.45) is 3.11. The summed E-state index contributed by atoms with van der Waals surface area (Å²) in [6.45, 7) is 0. The maximum absolute atomic E-state index is 13.1. The molecule has 19 heavy (non-hydrogen) atoms. The van der Waals surface area contributed by atoms with E-state index in [-0.39, 0.29) is 11.3 Å². The van der Waals surface area contributed by atoms with Gasteiger partial charge in [0.25, 0.3) is 0 Å². The van der Waals surface area contributed by atoms with E-state index in [0.717, 1.165) is 37.5 Å². The zero-order valence-corrected chi connectivity index (χ0v) is 10.2. The molecule has 0 saturated carbocycles. The van der Waals surface area contributed by atoms with Crippen LogP contribution in [-0.4, -0.2) is 5.78 Å². The second-order valence-electron chi connectivity index (χ2n) is 4.82. The zero-order chi connectivity index (χ0) is 13.4. The lowest BCUT2D eigenvalue weighted by Crippen LogP contribution is -2.03. The molecule has 2 aromatic carbocycles. The van der Waals surface area contributed by atoms with Crippen LogP contribution in [0.25, 0.3) is 0 Å². The fourth-order valence-corrected chi connectivity index (χ4v) is 2.56. The molecule has 0 amide bonds. The largest absolute Gasteiger partial charge is 0.289 e. The molecule has 0 heterocycles. The summed E-state index contributed by atoms with van der Waals surface area (Å²) in [5.41, 5.74) is 2.98. The maximum atomic E-state index is 13.1. The molecule has 0 aromatic heterocycles. The van der Waals surface area contributed by atoms with E-state index in [9.17, 15) is 13.6 Å². The van der Waals surface area contributed by atoms with Gasteiger partial charge in [0.1, 0.15) is 11.6 Å². The van der Waals surface area contributed by atoms with Crippen molar-refractivity contribution < 1.29 is 13.6 Å². The molecule has 0 spiro atoms. The number of halogens is 2. The van der Waals surface area contributed by atoms with E-state index in [1.54, 1.807) is 6.07 Å². The summed E-state index contributed by atoms with van der Waals surface area (Å²) in [5, 5.41) is 0. The van der Waals surface area contributed by atoms with Gasteiger partial charge >= 0.3 is 0 Å². The number of aryl methyl sites for hydroxylation is 2. The molecule has 0 atom stereocenters. The van der Waals surface area contributed by atoms with E-state index in [0.29, 0.717) is 5.56 Å². The van der Waals surface area contributed by atoms with Gasteiger partial charge in [0, 0.05) is 17.2 Å². The van der Waals surface area contributed by atoms with E-state index in [2.05, 4.69) is 0 Å². The van der Waals surface area contributed by atoms with E-state index >= 15 is 0 Å². The normalized spacial score (nSPS) is 13.4. The topological polar surface area (TPSA) is 17.1 Å². The molecule has 1 aliphatic carbocycles. The number of rotatable bonds is 2. The minimum Gasteiger partial charge on any atom is -0.289 e. The van der Waals surface area contributed by atoms with Gasteiger partial charge in [-0.2, -0.15) is 0 Å². The van der Waals surface area contributed by atoms with Crippen LogP contribution < -0.4 is 0 Å². The third-order valence-corrected chi connectivity index (χ3v) is 3.49. The monoisotopic (exact) mass is 258 g/mol. The van der Waals surface area contributed by atoms with Crippen LogP contribution in [0.15, 0.2) is 36.4 Å². The summed E-state index contributed by atoms with van der Waals surface area (Å²) >= 11 is 0. The van der Waals surface area contributed by atoms with Gasteiger partial charge in [0.15, 0.2) is 5.78 Å². The van der Waals surface area contributed by atoms with E-state index in [1.807, 2.05) is 12.1 Å². The summed E-state index contributed by atoms with van der Waals surface area (Å²) in [4.78, 5) is 12.2. The molecule has 0 fully saturated rings. The quantitative estimate of drug-likeness (QED) is 0.751. The lowest BCUT2D eigenvalue weighted by Gasteiger charge is -2.05. The van der Waals surface area contributed by atoms with Crippen molar-refractivity contribution in [2.75, 3.05) is 0 Å². The first kappa shape index (κ1) is 12.0. The van der Waals surface area contributed by atoms with E-state index in [1.165, 1.54) is 11.1 Å². The third-order valence-electron chi connectivity index (χ3n) is 3.49.